The number of aliphatic hydroxyl groups excluding tert-OH is 1. The van der Waals surface area contributed by atoms with E-state index in [0.29, 0.717) is 11.3 Å². The van der Waals surface area contributed by atoms with Crippen LogP contribution >= 0.6 is 7.82 Å². The Morgan fingerprint density at radius 2 is 1.51 bits per heavy atom. The maximum absolute atomic E-state index is 15.1. The molecule has 1 aromatic heterocycles. The van der Waals surface area contributed by atoms with Crippen molar-refractivity contribution in [3.05, 3.63) is 107 Å². The first-order valence-corrected chi connectivity index (χ1v) is 21.8. The fraction of sp³-hybridized carbons (Fsp3) is 0.556. The third-order valence-corrected chi connectivity index (χ3v) is 15.4. The average Bonchev–Trinajstić information content (AvgIpc) is 3.76. The van der Waals surface area contributed by atoms with Crippen LogP contribution in [-0.4, -0.2) is 76.1 Å². The zero-order valence-corrected chi connectivity index (χ0v) is 46.3. The number of ketones is 1. The van der Waals surface area contributed by atoms with Gasteiger partial charge in [0.2, 0.25) is 0 Å². The fourth-order valence-corrected chi connectivity index (χ4v) is 11.4. The number of furan rings is 1. The maximum atomic E-state index is 15.1. The number of ether oxygens (including phenoxy) is 3. The summed E-state index contributed by atoms with van der Waals surface area (Å²) in [7, 11) is -4.29. The van der Waals surface area contributed by atoms with E-state index in [1.54, 1.807) is 59.9 Å². The van der Waals surface area contributed by atoms with E-state index in [1.165, 1.54) is 0 Å². The van der Waals surface area contributed by atoms with Crippen LogP contribution in [0.15, 0.2) is 94.6 Å². The van der Waals surface area contributed by atoms with Gasteiger partial charge in [-0.25, -0.2) is 4.57 Å². The molecule has 3 fully saturated rings. The molecule has 2 heterocycles. The number of aliphatic hydroxyl groups is 3. The summed E-state index contributed by atoms with van der Waals surface area (Å²) in [4.78, 5) is 28.9. The van der Waals surface area contributed by atoms with Crippen molar-refractivity contribution in [3.63, 3.8) is 0 Å². The third kappa shape index (κ3) is 9.51. The molecule has 2 saturated carbocycles. The largest absolute Gasteiger partial charge is 0.477 e. The van der Waals surface area contributed by atoms with E-state index in [0.717, 1.165) is 11.1 Å². The van der Waals surface area contributed by atoms with Crippen LogP contribution in [0.1, 0.15) is 84.1 Å². The number of hydrogen-bond acceptors (Lipinski definition) is 13. The van der Waals surface area contributed by atoms with Crippen LogP contribution in [0.2, 0.25) is 0 Å². The molecule has 7 unspecified atom stereocenters. The molecule has 326 valence electrons. The topological polar surface area (TPSA) is 180 Å². The average molecular weight is 1290 g/mol. The van der Waals surface area contributed by atoms with Gasteiger partial charge in [0.15, 0.2) is 12.6 Å². The second-order valence-electron chi connectivity index (χ2n) is 17.6. The van der Waals surface area contributed by atoms with Crippen molar-refractivity contribution in [2.75, 3.05) is 13.4 Å². The molecular formula is C45H57Ac2O13P. The van der Waals surface area contributed by atoms with Crippen LogP contribution in [0.25, 0.3) is 0 Å². The van der Waals surface area contributed by atoms with Crippen LogP contribution in [0.5, 0.6) is 0 Å². The summed E-state index contributed by atoms with van der Waals surface area (Å²) in [6, 6.07) is 21.8. The molecule has 1 saturated heterocycles. The number of carbonyl (C=O) groups excluding carboxylic acids is 2. The van der Waals surface area contributed by atoms with Crippen LogP contribution in [0.4, 0.5) is 0 Å². The maximum Gasteiger partial charge on any atom is 0.477 e. The molecule has 4 aliphatic rings. The minimum absolute atomic E-state index is 0. The smallest absolute Gasteiger partial charge is 0.469 e. The Bertz CT molecular complexity index is 2020. The molecule has 1 aliphatic heterocycles. The predicted octanol–water partition coefficient (Wildman–Crippen LogP) is 7.05. The second-order valence-corrected chi connectivity index (χ2v) is 19.2. The molecule has 2 bridgehead atoms. The molecule has 13 nitrogen and oxygen atoms in total. The van der Waals surface area contributed by atoms with Gasteiger partial charge < -0.3 is 33.9 Å². The van der Waals surface area contributed by atoms with Crippen molar-refractivity contribution in [2.45, 2.75) is 116 Å². The molecule has 3 N–H and O–H groups in total. The van der Waals surface area contributed by atoms with Crippen LogP contribution in [0, 0.1) is 117 Å². The fourth-order valence-electron chi connectivity index (χ4n) is 10.3. The van der Waals surface area contributed by atoms with Gasteiger partial charge in [0.1, 0.15) is 23.6 Å². The standard InChI is InChI=1S/C45H57O13P.2Ac/c1-27(33-19-14-20-52-33)28(2)41(48)58-34-22-45(50)30(4)39-43(7,40(47)38(46)37(29(34)3)42(45,5)6)35(21-36-44(39,49)25-53-36)54-26-57-59(51,55-23-31-15-10-8-11-16-31)56-24-32-17-12-9-13-18-32;;/h8-20,27-28,30,34-36,38-39,46,49-50H,21-26H2,1-7H3;;/t27-,28-,30+,34?,35?,36?,38?,39?,43-,44?,45?;;/m1../s1. The molecule has 2 radical (unpaired) electrons. The number of carbonyl (C=O) groups is 2. The van der Waals surface area contributed by atoms with Crippen molar-refractivity contribution in [2.24, 2.45) is 28.6 Å². The van der Waals surface area contributed by atoms with Crippen molar-refractivity contribution in [1.82, 2.24) is 0 Å². The first-order valence-electron chi connectivity index (χ1n) is 20.3. The Labute approximate surface area is 429 Å². The van der Waals surface area contributed by atoms with E-state index in [1.807, 2.05) is 67.6 Å². The van der Waals surface area contributed by atoms with Gasteiger partial charge in [-0.05, 0) is 54.2 Å². The molecule has 16 heteroatoms. The summed E-state index contributed by atoms with van der Waals surface area (Å²) < 4.78 is 55.5. The summed E-state index contributed by atoms with van der Waals surface area (Å²) in [5.41, 5.74) is -3.98. The SMILES string of the molecule is CC1=C2C(O)C(=O)[C@]3(C)C(OCOP(=O)(OCc4ccccc4)OCc4ccccc4)CC4OCC4(O)C3[C@H](C)C(O)(CC1OC(=O)[C@H](C)[C@@H](C)c1ccco1)C2(C)C.[Ac].[Ac]. The first-order chi connectivity index (χ1) is 27.9. The Hall–Kier alpha value is -0.607. The third-order valence-electron chi connectivity index (χ3n) is 14.1. The van der Waals surface area contributed by atoms with E-state index >= 15 is 4.79 Å². The number of benzene rings is 2. The van der Waals surface area contributed by atoms with Crippen LogP contribution in [-0.2, 0) is 55.1 Å². The van der Waals surface area contributed by atoms with E-state index in [9.17, 15) is 24.7 Å². The van der Waals surface area contributed by atoms with Crippen LogP contribution < -0.4 is 0 Å². The summed E-state index contributed by atoms with van der Waals surface area (Å²) in [6.07, 6.45) is -3.09. The van der Waals surface area contributed by atoms with Crippen molar-refractivity contribution in [1.29, 1.82) is 0 Å². The van der Waals surface area contributed by atoms with Crippen LogP contribution in [0.3, 0.4) is 0 Å². The number of fused-ring (bicyclic) bond motifs is 5. The summed E-state index contributed by atoms with van der Waals surface area (Å²) >= 11 is 0. The van der Waals surface area contributed by atoms with Gasteiger partial charge in [0.05, 0.1) is 55.2 Å². The van der Waals surface area contributed by atoms with Gasteiger partial charge in [-0.1, -0.05) is 95.3 Å². The molecule has 0 spiro atoms. The molecule has 3 aromatic rings. The number of esters is 1. The van der Waals surface area contributed by atoms with E-state index in [4.69, 9.17) is 32.2 Å². The summed E-state index contributed by atoms with van der Waals surface area (Å²) in [5, 5.41) is 37.9. The van der Waals surface area contributed by atoms with Crippen molar-refractivity contribution >= 4 is 19.6 Å². The molecule has 11 atom stereocenters. The van der Waals surface area contributed by atoms with E-state index in [2.05, 4.69) is 0 Å². The zero-order valence-electron chi connectivity index (χ0n) is 35.9. The van der Waals surface area contributed by atoms with E-state index in [-0.39, 0.29) is 132 Å². The van der Waals surface area contributed by atoms with Gasteiger partial charge in [0.25, 0.3) is 0 Å². The minimum Gasteiger partial charge on any atom is -0.469 e. The summed E-state index contributed by atoms with van der Waals surface area (Å²) in [5.74, 6) is -3.33. The number of hydrogen-bond donors (Lipinski definition) is 3. The number of rotatable bonds is 14. The van der Waals surface area contributed by atoms with Gasteiger partial charge in [-0.2, -0.15) is 0 Å². The Kier molecular flexibility index (Phi) is 16.9. The van der Waals surface area contributed by atoms with Crippen molar-refractivity contribution in [3.8, 4) is 0 Å². The Balaban J connectivity index is 0.00000352. The summed E-state index contributed by atoms with van der Waals surface area (Å²) in [6.45, 7) is 11.4. The molecular weight excluding hydrogens is 1230 g/mol. The monoisotopic (exact) mass is 1290 g/mol. The quantitative estimate of drug-likeness (QED) is 0.0648. The minimum atomic E-state index is -4.29. The van der Waals surface area contributed by atoms with Gasteiger partial charge in [-0.15, -0.1) is 0 Å². The molecule has 61 heavy (non-hydrogen) atoms. The molecule has 2 aromatic carbocycles. The number of phosphoric acid groups is 1. The first kappa shape index (κ1) is 51.4. The normalized spacial score (nSPS) is 32.7. The van der Waals surface area contributed by atoms with Gasteiger partial charge >= 0.3 is 13.8 Å². The Morgan fingerprint density at radius 3 is 2.03 bits per heavy atom. The molecule has 3 aliphatic carbocycles. The van der Waals surface area contributed by atoms with Crippen molar-refractivity contribution < 1.29 is 150 Å². The zero-order chi connectivity index (χ0) is 42.5. The molecule has 0 amide bonds. The van der Waals surface area contributed by atoms with Gasteiger partial charge in [-0.3, -0.25) is 23.2 Å². The number of Topliss-reactive ketones (excluding diaryl/α,β-unsaturated/α-hetero) is 1. The second kappa shape index (κ2) is 20.1. The van der Waals surface area contributed by atoms with E-state index < -0.39 is 90.6 Å². The Morgan fingerprint density at radius 1 is 0.918 bits per heavy atom. The molecule has 7 rings (SSSR count). The predicted molar refractivity (Wildman–Crippen MR) is 214 cm³/mol. The van der Waals surface area contributed by atoms with Gasteiger partial charge in [0, 0.05) is 118 Å². The number of phosphoric ester groups is 1.